The average Bonchev–Trinajstić information content (AvgIpc) is 3.00. The molecule has 0 aromatic heterocycles. The minimum absolute atomic E-state index is 0.215. The van der Waals surface area contributed by atoms with Gasteiger partial charge in [0.1, 0.15) is 0 Å². The van der Waals surface area contributed by atoms with Crippen LogP contribution in [0.5, 0.6) is 0 Å². The highest BCUT2D eigenvalue weighted by Gasteiger charge is 2.16. The number of fused-ring (bicyclic) bond motifs is 2. The maximum Gasteiger partial charge on any atom is 0.0629 e. The van der Waals surface area contributed by atoms with Crippen LogP contribution in [0.1, 0.15) is 11.0 Å². The maximum absolute atomic E-state index is 9.01. The van der Waals surface area contributed by atoms with Gasteiger partial charge in [-0.1, -0.05) is 127 Å². The van der Waals surface area contributed by atoms with E-state index in [1.165, 1.54) is 0 Å². The molecule has 0 N–H and O–H groups in total. The van der Waals surface area contributed by atoms with Gasteiger partial charge in [-0.05, 0) is 61.0 Å². The number of hydrogen-bond donors (Lipinski definition) is 0. The van der Waals surface area contributed by atoms with Crippen molar-refractivity contribution < 1.29 is 11.0 Å². The quantitative estimate of drug-likeness (QED) is 0.253. The van der Waals surface area contributed by atoms with E-state index in [4.69, 9.17) is 11.0 Å². The van der Waals surface area contributed by atoms with Crippen LogP contribution in [0, 0.1) is 0 Å². The third-order valence-electron chi connectivity index (χ3n) is 5.70. The summed E-state index contributed by atoms with van der Waals surface area (Å²) in [4.78, 5) is 0. The molecule has 0 bridgehead atoms. The van der Waals surface area contributed by atoms with E-state index >= 15 is 0 Å². The topological polar surface area (TPSA) is 0 Å². The highest BCUT2D eigenvalue weighted by atomic mass is 14.2. The molecule has 0 heteroatoms. The minimum Gasteiger partial charge on any atom is -0.0622 e. The van der Waals surface area contributed by atoms with Gasteiger partial charge in [-0.25, -0.2) is 0 Å². The molecule has 0 fully saturated rings. The lowest BCUT2D eigenvalue weighted by molar-refractivity contribution is 1.61. The van der Waals surface area contributed by atoms with E-state index in [1.807, 2.05) is 60.7 Å². The normalized spacial score (nSPS) is 14.6. The first-order valence-electron chi connectivity index (χ1n) is 14.4. The fraction of sp³-hybridized carbons (Fsp3) is 0. The fourth-order valence-corrected chi connectivity index (χ4v) is 4.29. The number of benzene rings is 6. The lowest BCUT2D eigenvalue weighted by atomic mass is 9.85. The van der Waals surface area contributed by atoms with Crippen molar-refractivity contribution in [1.29, 1.82) is 0 Å². The van der Waals surface area contributed by atoms with Crippen LogP contribution >= 0.6 is 0 Å². The molecule has 6 rings (SSSR count). The van der Waals surface area contributed by atoms with Gasteiger partial charge in [-0.2, -0.15) is 0 Å². The van der Waals surface area contributed by atoms with Crippen LogP contribution in [0.4, 0.5) is 0 Å². The zero-order valence-electron chi connectivity index (χ0n) is 25.1. The van der Waals surface area contributed by atoms with Crippen molar-refractivity contribution in [3.8, 4) is 33.4 Å². The van der Waals surface area contributed by atoms with Gasteiger partial charge in [0.15, 0.2) is 0 Å². The molecule has 0 radical (unpaired) electrons. The molecule has 0 atom stereocenters. The Balaban J connectivity index is 1.93. The summed E-state index contributed by atoms with van der Waals surface area (Å²) < 4.78 is 69.9. The monoisotopic (exact) mass is 414 g/mol. The van der Waals surface area contributed by atoms with Gasteiger partial charge in [0.2, 0.25) is 0 Å². The van der Waals surface area contributed by atoms with Crippen LogP contribution in [0.15, 0.2) is 133 Å². The maximum atomic E-state index is 9.01. The zero-order chi connectivity index (χ0) is 28.3. The molecule has 0 saturated heterocycles. The second kappa shape index (κ2) is 7.83. The van der Waals surface area contributed by atoms with Crippen molar-refractivity contribution in [2.24, 2.45) is 0 Å². The van der Waals surface area contributed by atoms with E-state index in [0.717, 1.165) is 11.1 Å². The molecule has 0 heterocycles. The van der Waals surface area contributed by atoms with Crippen LogP contribution in [-0.4, -0.2) is 0 Å². The molecule has 150 valence electrons. The van der Waals surface area contributed by atoms with Gasteiger partial charge in [-0.3, -0.25) is 0 Å². The zero-order valence-corrected chi connectivity index (χ0v) is 17.1. The SMILES string of the molecule is [2H]c1c([2H])c([2H])c2c(-c3cccc(-c4ccccc4)c3)c3c([2H])c([2H])c([2H])c([2H])c3c(-c3ccccc3)c2c1[2H]. The molecule has 0 aliphatic heterocycles. The summed E-state index contributed by atoms with van der Waals surface area (Å²) in [7, 11) is 0. The fourth-order valence-electron chi connectivity index (χ4n) is 4.29. The van der Waals surface area contributed by atoms with Gasteiger partial charge in [0, 0.05) is 0 Å². The molecule has 0 saturated carbocycles. The molecule has 0 aliphatic carbocycles. The Morgan fingerprint density at radius 1 is 0.375 bits per heavy atom. The van der Waals surface area contributed by atoms with E-state index in [0.29, 0.717) is 22.3 Å². The lowest BCUT2D eigenvalue weighted by Crippen LogP contribution is -1.91. The molecule has 0 nitrogen and oxygen atoms in total. The van der Waals surface area contributed by atoms with Crippen molar-refractivity contribution in [2.45, 2.75) is 0 Å². The summed E-state index contributed by atoms with van der Waals surface area (Å²) in [6.07, 6.45) is 0. The summed E-state index contributed by atoms with van der Waals surface area (Å²) >= 11 is 0. The van der Waals surface area contributed by atoms with Crippen molar-refractivity contribution in [2.75, 3.05) is 0 Å². The predicted molar refractivity (Wildman–Crippen MR) is 138 cm³/mol. The second-order valence-electron chi connectivity index (χ2n) is 7.56. The van der Waals surface area contributed by atoms with Crippen molar-refractivity contribution in [3.05, 3.63) is 133 Å². The Kier molecular flexibility index (Phi) is 2.94. The molecule has 0 aliphatic rings. The molecule has 0 amide bonds. The Morgan fingerprint density at radius 3 is 1.31 bits per heavy atom. The van der Waals surface area contributed by atoms with Crippen molar-refractivity contribution in [3.63, 3.8) is 0 Å². The number of hydrogen-bond acceptors (Lipinski definition) is 0. The van der Waals surface area contributed by atoms with E-state index in [9.17, 15) is 0 Å². The summed E-state index contributed by atoms with van der Waals surface area (Å²) in [5.74, 6) is 0. The Hall–Kier alpha value is -4.16. The minimum atomic E-state index is -0.405. The van der Waals surface area contributed by atoms with E-state index in [2.05, 4.69) is 0 Å². The van der Waals surface area contributed by atoms with Crippen LogP contribution < -0.4 is 0 Å². The van der Waals surface area contributed by atoms with Crippen molar-refractivity contribution >= 4 is 21.5 Å². The van der Waals surface area contributed by atoms with Crippen LogP contribution in [0.3, 0.4) is 0 Å². The first-order valence-corrected chi connectivity index (χ1v) is 10.4. The Bertz CT molecular complexity index is 1890. The van der Waals surface area contributed by atoms with Crippen LogP contribution in [0.2, 0.25) is 0 Å². The summed E-state index contributed by atoms with van der Waals surface area (Å²) in [6, 6.07) is 23.5. The van der Waals surface area contributed by atoms with Gasteiger partial charge in [0.25, 0.3) is 0 Å². The Labute approximate surface area is 199 Å². The molecule has 0 spiro atoms. The third kappa shape index (κ3) is 3.09. The van der Waals surface area contributed by atoms with Crippen LogP contribution in [-0.2, 0) is 0 Å². The van der Waals surface area contributed by atoms with E-state index < -0.39 is 24.2 Å². The molecular weight excluding hydrogens is 384 g/mol. The standard InChI is InChI=1S/C32H22/c1-3-12-23(13-4-1)25-16-11-17-26(22-25)32-29-20-9-7-18-27(29)31(24-14-5-2-6-15-24)28-19-8-10-21-30(28)32/h1-22H/i7D,8D,9D,10D,18D,19D,20D,21D. The van der Waals surface area contributed by atoms with Gasteiger partial charge < -0.3 is 0 Å². The second-order valence-corrected chi connectivity index (χ2v) is 7.56. The Morgan fingerprint density at radius 2 is 0.781 bits per heavy atom. The highest BCUT2D eigenvalue weighted by molar-refractivity contribution is 6.21. The first kappa shape index (κ1) is 12.0. The summed E-state index contributed by atoms with van der Waals surface area (Å²) in [5, 5.41) is 0.866. The third-order valence-corrected chi connectivity index (χ3v) is 5.70. The van der Waals surface area contributed by atoms with E-state index in [-0.39, 0.29) is 45.7 Å². The van der Waals surface area contributed by atoms with Gasteiger partial charge in [0.05, 0.1) is 11.0 Å². The van der Waals surface area contributed by atoms with Gasteiger partial charge >= 0.3 is 0 Å². The first-order chi connectivity index (χ1) is 19.2. The summed E-state index contributed by atoms with van der Waals surface area (Å²) in [6.45, 7) is 0. The predicted octanol–water partition coefficient (Wildman–Crippen LogP) is 8.99. The highest BCUT2D eigenvalue weighted by Crippen LogP contribution is 2.43. The van der Waals surface area contributed by atoms with Crippen molar-refractivity contribution in [1.82, 2.24) is 0 Å². The smallest absolute Gasteiger partial charge is 0.0622 e. The average molecular weight is 415 g/mol. The number of rotatable bonds is 3. The molecule has 32 heavy (non-hydrogen) atoms. The van der Waals surface area contributed by atoms with E-state index in [1.54, 1.807) is 24.3 Å². The van der Waals surface area contributed by atoms with Gasteiger partial charge in [-0.15, -0.1) is 0 Å². The largest absolute Gasteiger partial charge is 0.0629 e. The summed E-state index contributed by atoms with van der Waals surface area (Å²) in [5.41, 5.74) is 3.70. The molecular formula is C32H22. The van der Waals surface area contributed by atoms with Crippen LogP contribution in [0.25, 0.3) is 54.9 Å². The lowest BCUT2D eigenvalue weighted by Gasteiger charge is -2.18. The molecule has 6 aromatic carbocycles. The molecule has 6 aromatic rings. The molecule has 0 unspecified atom stereocenters.